The molecule has 0 spiro atoms. The molecule has 2 heterocycles. The highest BCUT2D eigenvalue weighted by molar-refractivity contribution is 7.92. The molecule has 2 aromatic rings. The van der Waals surface area contributed by atoms with Crippen LogP contribution in [0.4, 0.5) is 16.2 Å². The first kappa shape index (κ1) is 33.3. The molecule has 0 aromatic heterocycles. The van der Waals surface area contributed by atoms with Crippen LogP contribution in [0.2, 0.25) is 5.02 Å². The van der Waals surface area contributed by atoms with E-state index in [2.05, 4.69) is 35.9 Å². The van der Waals surface area contributed by atoms with Crippen molar-refractivity contribution < 1.29 is 22.7 Å². The molecule has 2 saturated heterocycles. The maximum Gasteiger partial charge on any atom is 0.408 e. The Morgan fingerprint density at radius 2 is 1.67 bits per heavy atom. The second kappa shape index (κ2) is 13.8. The number of halogens is 1. The number of para-hydroxylation sites is 2. The highest BCUT2D eigenvalue weighted by Crippen LogP contribution is 2.37. The van der Waals surface area contributed by atoms with Gasteiger partial charge >= 0.3 is 6.09 Å². The van der Waals surface area contributed by atoms with Gasteiger partial charge in [0.25, 0.3) is 0 Å². The van der Waals surface area contributed by atoms with E-state index < -0.39 is 22.2 Å². The number of benzene rings is 2. The van der Waals surface area contributed by atoms with E-state index in [-0.39, 0.29) is 17.4 Å². The SMILES string of the molecule is CC(C)(C)CN1CC(OC(=O)NC(Cc2ccc(Cl)cc2)C(=O)N2CCN(c3ccccc3N(CC3CC3)S(C)(=O)=O)CC2)C1. The number of hydrogen-bond acceptors (Lipinski definition) is 7. The molecule has 3 aliphatic rings. The van der Waals surface area contributed by atoms with Crippen LogP contribution < -0.4 is 14.5 Å². The fourth-order valence-electron chi connectivity index (χ4n) is 6.06. The molecular formula is C33H46ClN5O5S. The summed E-state index contributed by atoms with van der Waals surface area (Å²) in [5.74, 6) is 0.218. The van der Waals surface area contributed by atoms with Gasteiger partial charge < -0.3 is 19.9 Å². The van der Waals surface area contributed by atoms with Gasteiger partial charge in [-0.25, -0.2) is 13.2 Å². The molecule has 1 N–H and O–H groups in total. The van der Waals surface area contributed by atoms with Crippen molar-refractivity contribution in [1.82, 2.24) is 15.1 Å². The van der Waals surface area contributed by atoms with Gasteiger partial charge in [-0.1, -0.05) is 56.6 Å². The molecule has 1 unspecified atom stereocenters. The van der Waals surface area contributed by atoms with Gasteiger partial charge in [-0.15, -0.1) is 0 Å². The van der Waals surface area contributed by atoms with E-state index >= 15 is 0 Å². The maximum absolute atomic E-state index is 13.9. The zero-order valence-corrected chi connectivity index (χ0v) is 28.3. The third-order valence-corrected chi connectivity index (χ3v) is 9.84. The summed E-state index contributed by atoms with van der Waals surface area (Å²) in [6.07, 6.45) is 2.86. The normalized spacial score (nSPS) is 18.7. The van der Waals surface area contributed by atoms with Crippen LogP contribution in [0.25, 0.3) is 0 Å². The summed E-state index contributed by atoms with van der Waals surface area (Å²) < 4.78 is 32.7. The van der Waals surface area contributed by atoms with Gasteiger partial charge in [0.05, 0.1) is 17.6 Å². The smallest absolute Gasteiger partial charge is 0.408 e. The minimum Gasteiger partial charge on any atom is -0.443 e. The molecule has 0 bridgehead atoms. The second-order valence-electron chi connectivity index (χ2n) is 13.8. The number of piperazine rings is 1. The summed E-state index contributed by atoms with van der Waals surface area (Å²) >= 11 is 6.09. The van der Waals surface area contributed by atoms with Crippen LogP contribution in [0.15, 0.2) is 48.5 Å². The van der Waals surface area contributed by atoms with Gasteiger partial charge in [0.1, 0.15) is 12.1 Å². The number of sulfonamides is 1. The van der Waals surface area contributed by atoms with Crippen LogP contribution in [0, 0.1) is 11.3 Å². The number of ether oxygens (including phenoxy) is 1. The van der Waals surface area contributed by atoms with Gasteiger partial charge in [-0.05, 0) is 54.0 Å². The van der Waals surface area contributed by atoms with Crippen molar-refractivity contribution in [1.29, 1.82) is 0 Å². The minimum absolute atomic E-state index is 0.166. The molecule has 10 nitrogen and oxygen atoms in total. The Hall–Kier alpha value is -3.02. The molecule has 5 rings (SSSR count). The highest BCUT2D eigenvalue weighted by Gasteiger charge is 2.35. The van der Waals surface area contributed by atoms with Crippen LogP contribution >= 0.6 is 11.6 Å². The molecule has 2 amide bonds. The Morgan fingerprint density at radius 3 is 2.27 bits per heavy atom. The fraction of sp³-hybridized carbons (Fsp3) is 0.576. The van der Waals surface area contributed by atoms with Gasteiger partial charge in [-0.3, -0.25) is 14.0 Å². The van der Waals surface area contributed by atoms with E-state index in [1.165, 1.54) is 10.6 Å². The number of hydrogen-bond donors (Lipinski definition) is 1. The third kappa shape index (κ3) is 9.26. The van der Waals surface area contributed by atoms with Crippen molar-refractivity contribution >= 4 is 45.0 Å². The summed E-state index contributed by atoms with van der Waals surface area (Å²) in [4.78, 5) is 33.0. The number of nitrogens with zero attached hydrogens (tertiary/aromatic N) is 4. The molecule has 246 valence electrons. The second-order valence-corrected chi connectivity index (χ2v) is 16.2. The van der Waals surface area contributed by atoms with Gasteiger partial charge in [0, 0.05) is 63.8 Å². The zero-order chi connectivity index (χ0) is 32.4. The van der Waals surface area contributed by atoms with Crippen molar-refractivity contribution in [2.45, 2.75) is 52.2 Å². The van der Waals surface area contributed by atoms with E-state index in [0.29, 0.717) is 68.9 Å². The molecule has 1 aliphatic carbocycles. The summed E-state index contributed by atoms with van der Waals surface area (Å²) in [5.41, 5.74) is 2.56. The standard InChI is InChI=1S/C33H46ClN5O5S/c1-33(2,3)23-36-21-27(22-36)44-32(41)35-28(19-24-11-13-26(34)14-12-24)31(40)38-17-15-37(16-18-38)29-7-5-6-8-30(29)39(45(4,42)43)20-25-9-10-25/h5-8,11-14,25,27-28H,9-10,15-23H2,1-4H3,(H,35,41). The summed E-state index contributed by atoms with van der Waals surface area (Å²) in [6.45, 7) is 11.3. The largest absolute Gasteiger partial charge is 0.443 e. The lowest BCUT2D eigenvalue weighted by Gasteiger charge is -2.42. The average Bonchev–Trinajstić information content (AvgIpc) is 3.78. The van der Waals surface area contributed by atoms with Crippen LogP contribution in [-0.2, 0) is 26.0 Å². The summed E-state index contributed by atoms with van der Waals surface area (Å²) in [6, 6.07) is 14.0. The Kier molecular flexibility index (Phi) is 10.2. The number of rotatable bonds is 11. The minimum atomic E-state index is -3.45. The average molecular weight is 660 g/mol. The lowest BCUT2D eigenvalue weighted by atomic mass is 9.94. The first-order chi connectivity index (χ1) is 21.2. The predicted octanol–water partition coefficient (Wildman–Crippen LogP) is 4.23. The Morgan fingerprint density at radius 1 is 1.02 bits per heavy atom. The molecule has 2 aromatic carbocycles. The topological polar surface area (TPSA) is 102 Å². The van der Waals surface area contributed by atoms with E-state index in [9.17, 15) is 18.0 Å². The lowest BCUT2D eigenvalue weighted by Crippen LogP contribution is -2.58. The van der Waals surface area contributed by atoms with E-state index in [1.54, 1.807) is 17.0 Å². The summed E-state index contributed by atoms with van der Waals surface area (Å²) in [5, 5.41) is 3.46. The van der Waals surface area contributed by atoms with Gasteiger partial charge in [0.2, 0.25) is 15.9 Å². The Bertz CT molecular complexity index is 1450. The van der Waals surface area contributed by atoms with Gasteiger partial charge in [-0.2, -0.15) is 0 Å². The van der Waals surface area contributed by atoms with Crippen molar-refractivity contribution in [2.75, 3.05) is 67.8 Å². The zero-order valence-electron chi connectivity index (χ0n) is 26.7. The van der Waals surface area contributed by atoms with E-state index in [4.69, 9.17) is 16.3 Å². The number of amides is 2. The number of nitrogens with one attached hydrogen (secondary N) is 1. The lowest BCUT2D eigenvalue weighted by molar-refractivity contribution is -0.133. The molecule has 1 saturated carbocycles. The van der Waals surface area contributed by atoms with Crippen molar-refractivity contribution in [2.24, 2.45) is 11.3 Å². The highest BCUT2D eigenvalue weighted by atomic mass is 35.5. The molecule has 1 atom stereocenters. The third-order valence-electron chi connectivity index (χ3n) is 8.44. The number of likely N-dealkylation sites (tertiary alicyclic amines) is 1. The van der Waals surface area contributed by atoms with Crippen LogP contribution in [0.1, 0.15) is 39.2 Å². The molecule has 2 aliphatic heterocycles. The van der Waals surface area contributed by atoms with Crippen LogP contribution in [0.3, 0.4) is 0 Å². The molecular weight excluding hydrogens is 614 g/mol. The number of carbonyl (C=O) groups excluding carboxylic acids is 2. The van der Waals surface area contributed by atoms with Crippen molar-refractivity contribution in [3.05, 3.63) is 59.1 Å². The van der Waals surface area contributed by atoms with Crippen molar-refractivity contribution in [3.63, 3.8) is 0 Å². The Balaban J connectivity index is 1.23. The molecule has 45 heavy (non-hydrogen) atoms. The first-order valence-electron chi connectivity index (χ1n) is 15.8. The monoisotopic (exact) mass is 659 g/mol. The maximum atomic E-state index is 13.9. The van der Waals surface area contributed by atoms with E-state index in [1.807, 2.05) is 36.4 Å². The number of carbonyl (C=O) groups is 2. The van der Waals surface area contributed by atoms with Gasteiger partial charge in [0.15, 0.2) is 0 Å². The molecule has 3 fully saturated rings. The number of alkyl carbamates (subject to hydrolysis) is 1. The van der Waals surface area contributed by atoms with Crippen LogP contribution in [-0.4, -0.2) is 101 Å². The van der Waals surface area contributed by atoms with E-state index in [0.717, 1.165) is 30.6 Å². The quantitative estimate of drug-likeness (QED) is 0.385. The molecule has 0 radical (unpaired) electrons. The predicted molar refractivity (Wildman–Crippen MR) is 178 cm³/mol. The molecule has 12 heteroatoms. The summed E-state index contributed by atoms with van der Waals surface area (Å²) in [7, 11) is -3.45. The fourth-order valence-corrected chi connectivity index (χ4v) is 7.18. The number of anilines is 2. The first-order valence-corrected chi connectivity index (χ1v) is 18.0. The van der Waals surface area contributed by atoms with Crippen LogP contribution in [0.5, 0.6) is 0 Å². The Labute approximate surface area is 272 Å². The van der Waals surface area contributed by atoms with Crippen molar-refractivity contribution in [3.8, 4) is 0 Å².